The van der Waals surface area contributed by atoms with Crippen molar-refractivity contribution in [2.24, 2.45) is 0 Å². The summed E-state index contributed by atoms with van der Waals surface area (Å²) < 4.78 is 30.1. The summed E-state index contributed by atoms with van der Waals surface area (Å²) in [5, 5.41) is 0.752. The molecular formula is C11H12N2O4S. The molecule has 0 unspecified atom stereocenters. The number of hydrogen-bond acceptors (Lipinski definition) is 4. The van der Waals surface area contributed by atoms with Crippen molar-refractivity contribution in [1.82, 2.24) is 9.71 Å². The predicted octanol–water partition coefficient (Wildman–Crippen LogP) is 1.60. The van der Waals surface area contributed by atoms with Gasteiger partial charge in [0.1, 0.15) is 0 Å². The topological polar surface area (TPSA) is 88.3 Å². The molecule has 7 heteroatoms. The molecule has 0 aliphatic heterocycles. The normalized spacial score (nSPS) is 11.4. The molecule has 0 spiro atoms. The van der Waals surface area contributed by atoms with Crippen molar-refractivity contribution in [3.63, 3.8) is 0 Å². The monoisotopic (exact) mass is 268 g/mol. The van der Waals surface area contributed by atoms with E-state index in [9.17, 15) is 13.2 Å². The number of rotatable bonds is 3. The average molecular weight is 268 g/mol. The van der Waals surface area contributed by atoms with Crippen LogP contribution < -0.4 is 4.72 Å². The second-order valence-corrected chi connectivity index (χ2v) is 5.24. The molecule has 2 N–H and O–H groups in total. The third kappa shape index (κ3) is 2.45. The molecule has 0 saturated carbocycles. The quantitative estimate of drug-likeness (QED) is 0.885. The molecule has 1 aromatic heterocycles. The van der Waals surface area contributed by atoms with Crippen molar-refractivity contribution >= 4 is 27.0 Å². The van der Waals surface area contributed by atoms with E-state index in [1.807, 2.05) is 4.72 Å². The molecule has 0 atom stereocenters. The van der Waals surface area contributed by atoms with Crippen LogP contribution in [0.2, 0.25) is 0 Å². The lowest BCUT2D eigenvalue weighted by Crippen LogP contribution is -2.31. The molecule has 2 aromatic rings. The van der Waals surface area contributed by atoms with Crippen LogP contribution in [0.4, 0.5) is 4.79 Å². The van der Waals surface area contributed by atoms with Gasteiger partial charge in [0.15, 0.2) is 0 Å². The minimum Gasteiger partial charge on any atom is -0.449 e. The number of ether oxygens (including phenoxy) is 1. The Morgan fingerprint density at radius 2 is 2.17 bits per heavy atom. The zero-order chi connectivity index (χ0) is 13.2. The van der Waals surface area contributed by atoms with Gasteiger partial charge in [-0.3, -0.25) is 0 Å². The lowest BCUT2D eigenvalue weighted by Gasteiger charge is -2.06. The average Bonchev–Trinajstić information content (AvgIpc) is 2.75. The number of carbonyl (C=O) groups is 1. The Hall–Kier alpha value is -2.02. The fourth-order valence-electron chi connectivity index (χ4n) is 1.53. The van der Waals surface area contributed by atoms with Gasteiger partial charge in [-0.05, 0) is 31.2 Å². The van der Waals surface area contributed by atoms with E-state index in [-0.39, 0.29) is 11.5 Å². The second-order valence-electron chi connectivity index (χ2n) is 3.55. The maximum Gasteiger partial charge on any atom is 0.421 e. The highest BCUT2D eigenvalue weighted by Gasteiger charge is 2.18. The minimum absolute atomic E-state index is 0.0163. The summed E-state index contributed by atoms with van der Waals surface area (Å²) in [4.78, 5) is 14.1. The number of hydrogen-bond donors (Lipinski definition) is 2. The van der Waals surface area contributed by atoms with Gasteiger partial charge in [0.25, 0.3) is 10.0 Å². The van der Waals surface area contributed by atoms with Crippen LogP contribution in [-0.2, 0) is 14.8 Å². The number of sulfonamides is 1. The van der Waals surface area contributed by atoms with Gasteiger partial charge in [-0.15, -0.1) is 0 Å². The molecule has 0 saturated heterocycles. The molecule has 0 bridgehead atoms. The number of aromatic amines is 1. The van der Waals surface area contributed by atoms with Gasteiger partial charge in [0.05, 0.1) is 11.5 Å². The first-order chi connectivity index (χ1) is 8.53. The predicted molar refractivity (Wildman–Crippen MR) is 65.6 cm³/mol. The maximum atomic E-state index is 11.9. The van der Waals surface area contributed by atoms with E-state index in [2.05, 4.69) is 9.72 Å². The van der Waals surface area contributed by atoms with Crippen LogP contribution in [0.25, 0.3) is 10.9 Å². The second kappa shape index (κ2) is 4.69. The molecule has 96 valence electrons. The van der Waals surface area contributed by atoms with Crippen molar-refractivity contribution in [3.05, 3.63) is 30.5 Å². The summed E-state index contributed by atoms with van der Waals surface area (Å²) >= 11 is 0. The largest absolute Gasteiger partial charge is 0.449 e. The molecule has 1 amide bonds. The summed E-state index contributed by atoms with van der Waals surface area (Å²) in [7, 11) is -3.89. The van der Waals surface area contributed by atoms with Gasteiger partial charge in [-0.25, -0.2) is 17.9 Å². The zero-order valence-electron chi connectivity index (χ0n) is 9.64. The molecule has 0 fully saturated rings. The van der Waals surface area contributed by atoms with Crippen LogP contribution in [-0.4, -0.2) is 26.1 Å². The smallest absolute Gasteiger partial charge is 0.421 e. The van der Waals surface area contributed by atoms with E-state index in [4.69, 9.17) is 0 Å². The van der Waals surface area contributed by atoms with Crippen LogP contribution in [0, 0.1) is 0 Å². The van der Waals surface area contributed by atoms with Crippen LogP contribution >= 0.6 is 0 Å². The molecule has 2 rings (SSSR count). The first kappa shape index (κ1) is 12.4. The lowest BCUT2D eigenvalue weighted by molar-refractivity contribution is 0.158. The van der Waals surface area contributed by atoms with Crippen LogP contribution in [0.15, 0.2) is 35.4 Å². The number of fused-ring (bicyclic) bond motifs is 1. The van der Waals surface area contributed by atoms with Crippen molar-refractivity contribution < 1.29 is 17.9 Å². The van der Waals surface area contributed by atoms with Gasteiger partial charge in [0, 0.05) is 17.1 Å². The zero-order valence-corrected chi connectivity index (χ0v) is 10.5. The molecule has 0 aliphatic carbocycles. The van der Waals surface area contributed by atoms with Gasteiger partial charge in [-0.2, -0.15) is 0 Å². The molecule has 1 heterocycles. The fourth-order valence-corrected chi connectivity index (χ4v) is 2.45. The Morgan fingerprint density at radius 1 is 1.39 bits per heavy atom. The summed E-state index contributed by atoms with van der Waals surface area (Å²) in [5.41, 5.74) is 0.824. The number of aromatic nitrogens is 1. The van der Waals surface area contributed by atoms with Gasteiger partial charge >= 0.3 is 6.09 Å². The highest BCUT2D eigenvalue weighted by molar-refractivity contribution is 7.90. The Labute approximate surface area is 104 Å². The SMILES string of the molecule is CCOC(=O)NS(=O)(=O)c1ccc2[nH]ccc2c1. The number of benzene rings is 1. The Kier molecular flexibility index (Phi) is 3.24. The third-order valence-corrected chi connectivity index (χ3v) is 3.64. The molecular weight excluding hydrogens is 256 g/mol. The molecule has 1 aromatic carbocycles. The Morgan fingerprint density at radius 3 is 2.89 bits per heavy atom. The van der Waals surface area contributed by atoms with E-state index in [0.29, 0.717) is 0 Å². The third-order valence-electron chi connectivity index (χ3n) is 2.33. The molecule has 0 radical (unpaired) electrons. The highest BCUT2D eigenvalue weighted by Crippen LogP contribution is 2.17. The van der Waals surface area contributed by atoms with Crippen molar-refractivity contribution in [2.75, 3.05) is 6.61 Å². The van der Waals surface area contributed by atoms with E-state index in [1.165, 1.54) is 12.1 Å². The summed E-state index contributed by atoms with van der Waals surface area (Å²) in [6.45, 7) is 1.70. The van der Waals surface area contributed by atoms with Crippen molar-refractivity contribution in [2.45, 2.75) is 11.8 Å². The molecule has 6 nitrogen and oxygen atoms in total. The molecule has 0 aliphatic rings. The van der Waals surface area contributed by atoms with Crippen LogP contribution in [0.1, 0.15) is 6.92 Å². The van der Waals surface area contributed by atoms with Crippen LogP contribution in [0.5, 0.6) is 0 Å². The van der Waals surface area contributed by atoms with Crippen molar-refractivity contribution in [1.29, 1.82) is 0 Å². The Bertz CT molecular complexity index is 675. The summed E-state index contributed by atoms with van der Waals surface area (Å²) in [5.74, 6) is 0. The van der Waals surface area contributed by atoms with E-state index in [0.717, 1.165) is 10.9 Å². The van der Waals surface area contributed by atoms with Gasteiger partial charge in [0.2, 0.25) is 0 Å². The van der Waals surface area contributed by atoms with Gasteiger partial charge < -0.3 is 9.72 Å². The Balaban J connectivity index is 2.31. The van der Waals surface area contributed by atoms with E-state index < -0.39 is 16.1 Å². The van der Waals surface area contributed by atoms with Gasteiger partial charge in [-0.1, -0.05) is 0 Å². The number of amides is 1. The maximum absolute atomic E-state index is 11.9. The summed E-state index contributed by atoms with van der Waals surface area (Å²) in [6.07, 6.45) is 0.728. The molecule has 18 heavy (non-hydrogen) atoms. The number of nitrogens with one attached hydrogen (secondary N) is 2. The lowest BCUT2D eigenvalue weighted by atomic mass is 10.2. The van der Waals surface area contributed by atoms with Crippen molar-refractivity contribution in [3.8, 4) is 0 Å². The number of H-pyrrole nitrogens is 1. The highest BCUT2D eigenvalue weighted by atomic mass is 32.2. The standard InChI is InChI=1S/C11H12N2O4S/c1-2-17-11(14)13-18(15,16)9-3-4-10-8(7-9)5-6-12-10/h3-7,12H,2H2,1H3,(H,13,14). The fraction of sp³-hybridized carbons (Fsp3) is 0.182. The van der Waals surface area contributed by atoms with E-state index >= 15 is 0 Å². The van der Waals surface area contributed by atoms with Crippen LogP contribution in [0.3, 0.4) is 0 Å². The number of carbonyl (C=O) groups excluding carboxylic acids is 1. The summed E-state index contributed by atoms with van der Waals surface area (Å²) in [6, 6.07) is 6.28. The first-order valence-electron chi connectivity index (χ1n) is 5.29. The van der Waals surface area contributed by atoms with E-state index in [1.54, 1.807) is 25.3 Å². The minimum atomic E-state index is -3.89. The first-order valence-corrected chi connectivity index (χ1v) is 6.78.